The van der Waals surface area contributed by atoms with Crippen molar-refractivity contribution in [1.82, 2.24) is 9.78 Å². The Kier molecular flexibility index (Phi) is 2.88. The van der Waals surface area contributed by atoms with Gasteiger partial charge in [0, 0.05) is 12.1 Å². The van der Waals surface area contributed by atoms with Crippen LogP contribution in [-0.4, -0.2) is 15.6 Å². The van der Waals surface area contributed by atoms with E-state index >= 15 is 0 Å². The van der Waals surface area contributed by atoms with E-state index in [9.17, 15) is 9.59 Å². The van der Waals surface area contributed by atoms with Crippen LogP contribution < -0.4 is 5.56 Å². The largest absolute Gasteiger partial charge is 0.295 e. The van der Waals surface area contributed by atoms with E-state index in [2.05, 4.69) is 18.9 Å². The normalized spacial score (nSPS) is 11.3. The number of benzene rings is 1. The van der Waals surface area contributed by atoms with Gasteiger partial charge >= 0.3 is 0 Å². The van der Waals surface area contributed by atoms with Crippen LogP contribution in [0.3, 0.4) is 0 Å². The predicted molar refractivity (Wildman–Crippen MR) is 67.4 cm³/mol. The lowest BCUT2D eigenvalue weighted by atomic mass is 10.1. The number of rotatable bonds is 3. The highest BCUT2D eigenvalue weighted by Crippen LogP contribution is 2.11. The van der Waals surface area contributed by atoms with Gasteiger partial charge in [0.05, 0.1) is 10.9 Å². The zero-order chi connectivity index (χ0) is 12.6. The van der Waals surface area contributed by atoms with Crippen molar-refractivity contribution in [2.45, 2.75) is 27.3 Å². The Morgan fingerprint density at radius 1 is 1.41 bits per heavy atom. The molecule has 1 aromatic carbocycles. The van der Waals surface area contributed by atoms with Gasteiger partial charge < -0.3 is 0 Å². The molecule has 2 rings (SSSR count). The van der Waals surface area contributed by atoms with Crippen LogP contribution in [0.1, 0.15) is 31.1 Å². The average Bonchev–Trinajstić information content (AvgIpc) is 2.54. The minimum atomic E-state index is -0.0243. The first-order valence-corrected chi connectivity index (χ1v) is 5.72. The summed E-state index contributed by atoms with van der Waals surface area (Å²) in [5.74, 6) is 0.400. The van der Waals surface area contributed by atoms with E-state index in [1.54, 1.807) is 22.9 Å². The van der Waals surface area contributed by atoms with Gasteiger partial charge in [-0.3, -0.25) is 19.4 Å². The lowest BCUT2D eigenvalue weighted by molar-refractivity contribution is 0.101. The molecule has 0 aliphatic heterocycles. The molecule has 0 saturated carbocycles. The molecule has 0 aliphatic carbocycles. The fraction of sp³-hybridized carbons (Fsp3) is 0.385. The summed E-state index contributed by atoms with van der Waals surface area (Å²) in [5.41, 5.74) is 1.32. The molecule has 90 valence electrons. The Hall–Kier alpha value is -1.84. The average molecular weight is 232 g/mol. The molecule has 0 saturated heterocycles. The van der Waals surface area contributed by atoms with Crippen molar-refractivity contribution >= 4 is 16.7 Å². The van der Waals surface area contributed by atoms with Crippen LogP contribution in [0.25, 0.3) is 10.9 Å². The number of hydrogen-bond acceptors (Lipinski definition) is 2. The first-order valence-electron chi connectivity index (χ1n) is 5.72. The summed E-state index contributed by atoms with van der Waals surface area (Å²) >= 11 is 0. The second kappa shape index (κ2) is 4.20. The maximum Gasteiger partial charge on any atom is 0.274 e. The smallest absolute Gasteiger partial charge is 0.274 e. The zero-order valence-corrected chi connectivity index (χ0v) is 10.3. The topological polar surface area (TPSA) is 54.9 Å². The summed E-state index contributed by atoms with van der Waals surface area (Å²) in [6, 6.07) is 5.14. The summed E-state index contributed by atoms with van der Waals surface area (Å²) in [7, 11) is 0. The SMILES string of the molecule is CC(=O)c1ccc2c(=O)n(CC(C)C)[nH]c2c1. The van der Waals surface area contributed by atoms with Crippen LogP contribution in [-0.2, 0) is 6.54 Å². The van der Waals surface area contributed by atoms with Crippen molar-refractivity contribution in [3.05, 3.63) is 34.1 Å². The zero-order valence-electron chi connectivity index (χ0n) is 10.3. The maximum atomic E-state index is 12.0. The van der Waals surface area contributed by atoms with Crippen molar-refractivity contribution in [3.63, 3.8) is 0 Å². The first-order chi connectivity index (χ1) is 7.99. The standard InChI is InChI=1S/C13H16N2O2/c1-8(2)7-15-13(17)11-5-4-10(9(3)16)6-12(11)14-15/h4-6,8,14H,7H2,1-3H3. The number of Topliss-reactive ketones (excluding diaryl/α,β-unsaturated/α-hetero) is 1. The summed E-state index contributed by atoms with van der Waals surface area (Å²) in [5, 5.41) is 3.68. The maximum absolute atomic E-state index is 12.0. The van der Waals surface area contributed by atoms with Crippen LogP contribution in [0.15, 0.2) is 23.0 Å². The Morgan fingerprint density at radius 2 is 2.12 bits per heavy atom. The highest BCUT2D eigenvalue weighted by atomic mass is 16.1. The molecule has 0 atom stereocenters. The molecule has 0 radical (unpaired) electrons. The van der Waals surface area contributed by atoms with E-state index < -0.39 is 0 Å². The molecule has 0 spiro atoms. The molecule has 4 heteroatoms. The van der Waals surface area contributed by atoms with Crippen molar-refractivity contribution in [2.24, 2.45) is 5.92 Å². The number of carbonyl (C=O) groups excluding carboxylic acids is 1. The van der Waals surface area contributed by atoms with Gasteiger partial charge in [0.1, 0.15) is 0 Å². The minimum Gasteiger partial charge on any atom is -0.295 e. The molecular formula is C13H16N2O2. The van der Waals surface area contributed by atoms with Gasteiger partial charge in [-0.05, 0) is 25.0 Å². The summed E-state index contributed by atoms with van der Waals surface area (Å²) in [6.07, 6.45) is 0. The lowest BCUT2D eigenvalue weighted by Gasteiger charge is -2.03. The molecule has 2 aromatic rings. The molecule has 0 fully saturated rings. The van der Waals surface area contributed by atoms with Gasteiger partial charge in [0.15, 0.2) is 5.78 Å². The second-order valence-electron chi connectivity index (χ2n) is 4.74. The van der Waals surface area contributed by atoms with E-state index in [0.29, 0.717) is 23.4 Å². The molecule has 17 heavy (non-hydrogen) atoms. The highest BCUT2D eigenvalue weighted by molar-refractivity contribution is 5.97. The Balaban J connectivity index is 2.57. The molecule has 0 bridgehead atoms. The minimum absolute atomic E-state index is 0.00404. The molecule has 0 aliphatic rings. The van der Waals surface area contributed by atoms with Crippen molar-refractivity contribution < 1.29 is 4.79 Å². The van der Waals surface area contributed by atoms with Crippen molar-refractivity contribution in [1.29, 1.82) is 0 Å². The second-order valence-corrected chi connectivity index (χ2v) is 4.74. The predicted octanol–water partition coefficient (Wildman–Crippen LogP) is 2.19. The number of H-pyrrole nitrogens is 1. The first kappa shape index (κ1) is 11.6. The fourth-order valence-corrected chi connectivity index (χ4v) is 1.88. The Morgan fingerprint density at radius 3 is 2.71 bits per heavy atom. The molecule has 0 amide bonds. The quantitative estimate of drug-likeness (QED) is 0.825. The number of nitrogens with one attached hydrogen (secondary N) is 1. The molecule has 0 unspecified atom stereocenters. The van der Waals surface area contributed by atoms with Gasteiger partial charge in [-0.1, -0.05) is 19.9 Å². The van der Waals surface area contributed by atoms with E-state index in [-0.39, 0.29) is 11.3 Å². The third-order valence-corrected chi connectivity index (χ3v) is 2.70. The lowest BCUT2D eigenvalue weighted by Crippen LogP contribution is -2.19. The number of fused-ring (bicyclic) bond motifs is 1. The molecule has 1 N–H and O–H groups in total. The number of aromatic nitrogens is 2. The molecule has 1 heterocycles. The number of ketones is 1. The number of carbonyl (C=O) groups is 1. The van der Waals surface area contributed by atoms with Gasteiger partial charge in [-0.15, -0.1) is 0 Å². The van der Waals surface area contributed by atoms with Gasteiger partial charge in [0.2, 0.25) is 0 Å². The molecule has 1 aromatic heterocycles. The van der Waals surface area contributed by atoms with Crippen LogP contribution in [0.4, 0.5) is 0 Å². The Labute approximate surface area is 99.2 Å². The van der Waals surface area contributed by atoms with E-state index in [1.165, 1.54) is 6.92 Å². The molecule has 4 nitrogen and oxygen atoms in total. The van der Waals surface area contributed by atoms with E-state index in [1.807, 2.05) is 0 Å². The van der Waals surface area contributed by atoms with Gasteiger partial charge in [-0.25, -0.2) is 0 Å². The van der Waals surface area contributed by atoms with E-state index in [0.717, 1.165) is 5.52 Å². The number of hydrogen-bond donors (Lipinski definition) is 1. The summed E-state index contributed by atoms with van der Waals surface area (Å²) < 4.78 is 1.60. The van der Waals surface area contributed by atoms with E-state index in [4.69, 9.17) is 0 Å². The number of nitrogens with zero attached hydrogens (tertiary/aromatic N) is 1. The van der Waals surface area contributed by atoms with Gasteiger partial charge in [0.25, 0.3) is 5.56 Å². The highest BCUT2D eigenvalue weighted by Gasteiger charge is 2.09. The van der Waals surface area contributed by atoms with Crippen LogP contribution in [0.2, 0.25) is 0 Å². The monoisotopic (exact) mass is 232 g/mol. The van der Waals surface area contributed by atoms with Crippen LogP contribution in [0.5, 0.6) is 0 Å². The third kappa shape index (κ3) is 2.16. The van der Waals surface area contributed by atoms with Gasteiger partial charge in [-0.2, -0.15) is 0 Å². The van der Waals surface area contributed by atoms with Crippen LogP contribution in [0, 0.1) is 5.92 Å². The van der Waals surface area contributed by atoms with Crippen molar-refractivity contribution in [2.75, 3.05) is 0 Å². The fourth-order valence-electron chi connectivity index (χ4n) is 1.88. The molecular weight excluding hydrogens is 216 g/mol. The summed E-state index contributed by atoms with van der Waals surface area (Å²) in [4.78, 5) is 23.3. The van der Waals surface area contributed by atoms with Crippen LogP contribution >= 0.6 is 0 Å². The summed E-state index contributed by atoms with van der Waals surface area (Å²) in [6.45, 7) is 6.28. The van der Waals surface area contributed by atoms with Crippen molar-refractivity contribution in [3.8, 4) is 0 Å². The Bertz CT molecular complexity index is 620. The number of aromatic amines is 1. The third-order valence-electron chi connectivity index (χ3n) is 2.70.